The third-order valence-electron chi connectivity index (χ3n) is 6.97. The summed E-state index contributed by atoms with van der Waals surface area (Å²) in [4.78, 5) is 47.2. The first-order chi connectivity index (χ1) is 21.1. The first kappa shape index (κ1) is 35.0. The Hall–Kier alpha value is -3.53. The maximum absolute atomic E-state index is 12.7. The molecule has 1 heterocycles. The molecule has 3 rings (SSSR count). The number of carbonyl (C=O) groups excluding carboxylic acids is 3. The Bertz CT molecular complexity index is 1240. The van der Waals surface area contributed by atoms with E-state index >= 15 is 0 Å². The molecule has 1 aliphatic rings. The van der Waals surface area contributed by atoms with Gasteiger partial charge < -0.3 is 45.9 Å². The van der Waals surface area contributed by atoms with Gasteiger partial charge in [0, 0.05) is 37.8 Å². The van der Waals surface area contributed by atoms with Crippen molar-refractivity contribution in [3.05, 3.63) is 60.2 Å². The van der Waals surface area contributed by atoms with Gasteiger partial charge in [-0.05, 0) is 35.4 Å². The number of ether oxygens (including phenoxy) is 2. The number of hydrogen-bond donors (Lipinski definition) is 7. The van der Waals surface area contributed by atoms with E-state index in [1.54, 1.807) is 24.3 Å². The highest BCUT2D eigenvalue weighted by atomic mass is 32.2. The number of carbonyl (C=O) groups is 4. The number of aliphatic hydroxyl groups excluding tert-OH is 3. The number of carboxylic acid groups (broad SMARTS) is 1. The van der Waals surface area contributed by atoms with Crippen LogP contribution in [-0.2, 0) is 23.9 Å². The predicted octanol–water partition coefficient (Wildman–Crippen LogP) is 0.127. The average molecular weight is 634 g/mol. The van der Waals surface area contributed by atoms with Crippen LogP contribution < -0.4 is 16.0 Å². The van der Waals surface area contributed by atoms with Crippen molar-refractivity contribution in [2.45, 2.75) is 56.0 Å². The Balaban J connectivity index is 1.64. The van der Waals surface area contributed by atoms with Crippen molar-refractivity contribution in [2.75, 3.05) is 31.2 Å². The van der Waals surface area contributed by atoms with Crippen LogP contribution in [0.1, 0.15) is 30.1 Å². The molecule has 240 valence electrons. The normalized spacial score (nSPS) is 22.8. The van der Waals surface area contributed by atoms with Gasteiger partial charge in [0.15, 0.2) is 0 Å². The van der Waals surface area contributed by atoms with E-state index in [-0.39, 0.29) is 6.61 Å². The van der Waals surface area contributed by atoms with Gasteiger partial charge in [-0.25, -0.2) is 4.79 Å². The van der Waals surface area contributed by atoms with Gasteiger partial charge in [-0.2, -0.15) is 11.8 Å². The second kappa shape index (κ2) is 17.1. The lowest BCUT2D eigenvalue weighted by molar-refractivity contribution is -0.310. The molecule has 0 aromatic heterocycles. The fraction of sp³-hybridized carbons (Fsp3) is 0.467. The third kappa shape index (κ3) is 9.74. The summed E-state index contributed by atoms with van der Waals surface area (Å²) < 4.78 is 11.3. The summed E-state index contributed by atoms with van der Waals surface area (Å²) in [6.45, 7) is 1.15. The minimum absolute atomic E-state index is 0.0670. The van der Waals surface area contributed by atoms with Gasteiger partial charge in [0.2, 0.25) is 12.3 Å². The molecule has 7 N–H and O–H groups in total. The molecule has 0 aliphatic carbocycles. The van der Waals surface area contributed by atoms with Gasteiger partial charge in [-0.3, -0.25) is 14.4 Å². The zero-order valence-corrected chi connectivity index (χ0v) is 25.1. The number of aliphatic carboxylic acids is 1. The number of thioether (sulfide) groups is 1. The molecule has 3 amide bonds. The topological polar surface area (TPSA) is 204 Å². The van der Waals surface area contributed by atoms with Crippen LogP contribution in [0.4, 0.5) is 0 Å². The largest absolute Gasteiger partial charge is 0.477 e. The van der Waals surface area contributed by atoms with Crippen molar-refractivity contribution in [3.63, 3.8) is 0 Å². The van der Waals surface area contributed by atoms with E-state index in [2.05, 4.69) is 16.0 Å². The summed E-state index contributed by atoms with van der Waals surface area (Å²) in [5.74, 6) is -3.79. The summed E-state index contributed by atoms with van der Waals surface area (Å²) in [6.07, 6.45) is -6.18. The number of carboxylic acids is 1. The number of nitrogens with one attached hydrogen (secondary N) is 3. The van der Waals surface area contributed by atoms with Gasteiger partial charge in [0.1, 0.15) is 12.2 Å². The van der Waals surface area contributed by atoms with E-state index in [4.69, 9.17) is 9.47 Å². The van der Waals surface area contributed by atoms with Crippen LogP contribution in [0, 0.1) is 0 Å². The molecule has 1 fully saturated rings. The fourth-order valence-electron chi connectivity index (χ4n) is 4.72. The number of benzene rings is 2. The first-order valence-corrected chi connectivity index (χ1v) is 15.3. The Morgan fingerprint density at radius 2 is 1.77 bits per heavy atom. The molecule has 0 radical (unpaired) electrons. The quantitative estimate of drug-likeness (QED) is 0.0921. The van der Waals surface area contributed by atoms with E-state index in [9.17, 15) is 39.6 Å². The first-order valence-electron chi connectivity index (χ1n) is 14.1. The summed E-state index contributed by atoms with van der Waals surface area (Å²) in [5.41, 5.74) is 2.19. The van der Waals surface area contributed by atoms with Crippen molar-refractivity contribution in [2.24, 2.45) is 0 Å². The molecule has 1 aliphatic heterocycles. The van der Waals surface area contributed by atoms with Gasteiger partial charge in [0.25, 0.3) is 11.7 Å². The minimum atomic E-state index is -2.37. The standard InChI is InChI=1S/C30H39N3O10S/c1-19(35)33-25-23(36)16-30(29(40)41,42-13-5-14-44-15-12-31-18-34)43-27(25)26(38)24(37)17-32-28(39)22-10-8-21(9-11-22)20-6-3-2-4-7-20/h2-4,6-11,18,23-27,36-38H,5,12-17H2,1H3,(H,31,34)(H,32,39)(H,33,35)(H,40,41)/t23-,24+,25+,26+,27+,30+/m0/s1. The van der Waals surface area contributed by atoms with Gasteiger partial charge in [0.05, 0.1) is 24.9 Å². The highest BCUT2D eigenvalue weighted by Gasteiger charge is 2.55. The number of rotatable bonds is 17. The zero-order valence-electron chi connectivity index (χ0n) is 24.3. The Labute approximate surface area is 259 Å². The highest BCUT2D eigenvalue weighted by molar-refractivity contribution is 7.99. The lowest BCUT2D eigenvalue weighted by atomic mass is 9.88. The average Bonchev–Trinajstić information content (AvgIpc) is 3.02. The van der Waals surface area contributed by atoms with Crippen molar-refractivity contribution in [3.8, 4) is 11.1 Å². The van der Waals surface area contributed by atoms with Crippen LogP contribution in [0.25, 0.3) is 11.1 Å². The molecular weight excluding hydrogens is 594 g/mol. The summed E-state index contributed by atoms with van der Waals surface area (Å²) in [7, 11) is 0. The molecule has 14 heteroatoms. The van der Waals surface area contributed by atoms with Crippen LogP contribution >= 0.6 is 11.8 Å². The highest BCUT2D eigenvalue weighted by Crippen LogP contribution is 2.34. The van der Waals surface area contributed by atoms with Crippen LogP contribution in [0.15, 0.2) is 54.6 Å². The molecular formula is C30H39N3O10S. The second-order valence-corrected chi connectivity index (χ2v) is 11.5. The summed E-state index contributed by atoms with van der Waals surface area (Å²) in [6, 6.07) is 15.1. The van der Waals surface area contributed by atoms with Gasteiger partial charge in [-0.1, -0.05) is 42.5 Å². The Morgan fingerprint density at radius 1 is 1.09 bits per heavy atom. The lowest BCUT2D eigenvalue weighted by Crippen LogP contribution is -2.68. The predicted molar refractivity (Wildman–Crippen MR) is 162 cm³/mol. The van der Waals surface area contributed by atoms with Crippen molar-refractivity contribution < 1.29 is 49.1 Å². The molecule has 13 nitrogen and oxygen atoms in total. The van der Waals surface area contributed by atoms with Crippen LogP contribution in [0.5, 0.6) is 0 Å². The number of aliphatic hydroxyl groups is 3. The zero-order chi connectivity index (χ0) is 32.1. The third-order valence-corrected chi connectivity index (χ3v) is 8.04. The molecule has 2 aromatic rings. The maximum atomic E-state index is 12.7. The SMILES string of the molecule is CC(=O)N[C@H]1[C@H]([C@H](O)[C@H](O)CNC(=O)c2ccc(-c3ccccc3)cc2)O[C@@](OCCCSCCNC=O)(C(=O)O)C[C@@H]1O. The molecule has 1 saturated heterocycles. The van der Waals surface area contributed by atoms with E-state index in [1.807, 2.05) is 30.3 Å². The fourth-order valence-corrected chi connectivity index (χ4v) is 5.51. The van der Waals surface area contributed by atoms with Gasteiger partial charge >= 0.3 is 5.97 Å². The van der Waals surface area contributed by atoms with E-state index in [0.717, 1.165) is 11.1 Å². The van der Waals surface area contributed by atoms with Crippen LogP contribution in [0.3, 0.4) is 0 Å². The second-order valence-electron chi connectivity index (χ2n) is 10.2. The number of hydrogen-bond acceptors (Lipinski definition) is 10. The summed E-state index contributed by atoms with van der Waals surface area (Å²) >= 11 is 1.52. The molecule has 44 heavy (non-hydrogen) atoms. The minimum Gasteiger partial charge on any atom is -0.477 e. The van der Waals surface area contributed by atoms with Crippen molar-refractivity contribution in [1.29, 1.82) is 0 Å². The van der Waals surface area contributed by atoms with Crippen LogP contribution in [0.2, 0.25) is 0 Å². The summed E-state index contributed by atoms with van der Waals surface area (Å²) in [5, 5.41) is 50.2. The van der Waals surface area contributed by atoms with Crippen LogP contribution in [-0.4, -0.2) is 112 Å². The van der Waals surface area contributed by atoms with E-state index in [1.165, 1.54) is 18.7 Å². The Kier molecular flexibility index (Phi) is 13.6. The maximum Gasteiger partial charge on any atom is 0.364 e. The Morgan fingerprint density at radius 3 is 2.41 bits per heavy atom. The molecule has 0 spiro atoms. The van der Waals surface area contributed by atoms with E-state index in [0.29, 0.717) is 36.4 Å². The molecule has 2 aromatic carbocycles. The van der Waals surface area contributed by atoms with Crippen molar-refractivity contribution in [1.82, 2.24) is 16.0 Å². The number of amides is 3. The molecule has 0 unspecified atom stereocenters. The van der Waals surface area contributed by atoms with Crippen molar-refractivity contribution >= 4 is 36.0 Å². The van der Waals surface area contributed by atoms with E-state index < -0.39 is 67.0 Å². The molecule has 0 saturated carbocycles. The molecule has 6 atom stereocenters. The van der Waals surface area contributed by atoms with Gasteiger partial charge in [-0.15, -0.1) is 0 Å². The lowest BCUT2D eigenvalue weighted by Gasteiger charge is -2.46. The molecule has 0 bridgehead atoms. The monoisotopic (exact) mass is 633 g/mol. The smallest absolute Gasteiger partial charge is 0.364 e.